The van der Waals surface area contributed by atoms with Crippen molar-refractivity contribution in [2.24, 2.45) is 0 Å². The maximum absolute atomic E-state index is 14.5. The number of carbonyl (C=O) groups excluding carboxylic acids is 2. The number of aliphatic hydroxyl groups is 1. The third-order valence-corrected chi connectivity index (χ3v) is 5.20. The minimum Gasteiger partial charge on any atom is -0.373 e. The van der Waals surface area contributed by atoms with Crippen LogP contribution in [0.1, 0.15) is 12.8 Å². The summed E-state index contributed by atoms with van der Waals surface area (Å²) in [7, 11) is 0. The molecule has 0 bridgehead atoms. The number of imide groups is 1. The van der Waals surface area contributed by atoms with Crippen LogP contribution in [0.3, 0.4) is 0 Å². The molecule has 0 aromatic heterocycles. The molecule has 1 atom stereocenters. The number of halogens is 1. The number of hydrogen-bond donors (Lipinski definition) is 2. The van der Waals surface area contributed by atoms with Gasteiger partial charge in [-0.15, -0.1) is 11.8 Å². The fraction of sp³-hybridized carbons (Fsp3) is 0.333. The van der Waals surface area contributed by atoms with E-state index in [4.69, 9.17) is 0 Å². The lowest BCUT2D eigenvalue weighted by molar-refractivity contribution is -0.114. The van der Waals surface area contributed by atoms with E-state index >= 15 is 0 Å². The monoisotopic (exact) mass is 335 g/mol. The minimum atomic E-state index is -0.746. The van der Waals surface area contributed by atoms with Crippen molar-refractivity contribution in [3.63, 3.8) is 0 Å². The Morgan fingerprint density at radius 3 is 2.96 bits per heavy atom. The molecule has 120 valence electrons. The Morgan fingerprint density at radius 2 is 2.17 bits per heavy atom. The summed E-state index contributed by atoms with van der Waals surface area (Å²) in [6.07, 6.45) is 2.49. The van der Waals surface area contributed by atoms with E-state index in [-0.39, 0.29) is 5.69 Å². The van der Waals surface area contributed by atoms with Crippen LogP contribution in [0.15, 0.2) is 28.8 Å². The number of aliphatic hydroxyl groups excluding tert-OH is 1. The molecule has 8 heteroatoms. The van der Waals surface area contributed by atoms with E-state index in [1.807, 2.05) is 0 Å². The molecule has 1 aromatic carbocycles. The summed E-state index contributed by atoms with van der Waals surface area (Å²) in [5.74, 6) is -0.720. The van der Waals surface area contributed by atoms with Gasteiger partial charge in [0.15, 0.2) is 0 Å². The molecule has 1 aromatic rings. The highest BCUT2D eigenvalue weighted by atomic mass is 32.2. The number of benzene rings is 1. The lowest BCUT2D eigenvalue weighted by atomic mass is 10.2. The summed E-state index contributed by atoms with van der Waals surface area (Å²) in [6, 6.07) is 2.18. The Bertz CT molecular complexity index is 752. The van der Waals surface area contributed by atoms with Gasteiger partial charge in [0, 0.05) is 17.2 Å². The number of amides is 3. The first-order valence-corrected chi connectivity index (χ1v) is 8.32. The van der Waals surface area contributed by atoms with E-state index in [0.29, 0.717) is 28.6 Å². The number of rotatable bonds is 1. The number of fused-ring (bicyclic) bond motifs is 2. The lowest BCUT2D eigenvalue weighted by Crippen LogP contribution is -2.34. The van der Waals surface area contributed by atoms with E-state index in [1.54, 1.807) is 6.08 Å². The number of carbonyl (C=O) groups is 2. The van der Waals surface area contributed by atoms with E-state index in [0.717, 1.165) is 17.7 Å². The largest absolute Gasteiger partial charge is 0.373 e. The molecule has 0 saturated carbocycles. The first-order chi connectivity index (χ1) is 11.1. The standard InChI is InChI=1S/C15H14FN3O3S/c16-8-5-12-9(17-13(20)7-23-12)6-11(8)19-14(21)10-3-1-2-4-18(10)15(19)22/h3,5-6,13,17,20H,1-2,4,7H2. The van der Waals surface area contributed by atoms with Crippen molar-refractivity contribution in [1.29, 1.82) is 0 Å². The molecule has 4 rings (SSSR count). The Hall–Kier alpha value is -2.06. The highest BCUT2D eigenvalue weighted by molar-refractivity contribution is 7.99. The van der Waals surface area contributed by atoms with Gasteiger partial charge in [-0.3, -0.25) is 9.69 Å². The number of hydrogen-bond acceptors (Lipinski definition) is 5. The quantitative estimate of drug-likeness (QED) is 0.769. The Balaban J connectivity index is 1.77. The molecule has 23 heavy (non-hydrogen) atoms. The maximum atomic E-state index is 14.5. The second kappa shape index (κ2) is 5.24. The molecule has 1 saturated heterocycles. The highest BCUT2D eigenvalue weighted by Crippen LogP contribution is 2.39. The summed E-state index contributed by atoms with van der Waals surface area (Å²) < 4.78 is 14.5. The number of allylic oxidation sites excluding steroid dienone is 1. The zero-order valence-electron chi connectivity index (χ0n) is 12.1. The number of urea groups is 1. The maximum Gasteiger partial charge on any atom is 0.336 e. The van der Waals surface area contributed by atoms with E-state index < -0.39 is 24.0 Å². The van der Waals surface area contributed by atoms with Gasteiger partial charge in [0.25, 0.3) is 5.91 Å². The van der Waals surface area contributed by atoms with Gasteiger partial charge >= 0.3 is 6.03 Å². The molecule has 0 radical (unpaired) electrons. The SMILES string of the molecule is O=C1C2=CCCCN2C(=O)N1c1cc2c(cc1F)SCC(O)N2. The average Bonchev–Trinajstić information content (AvgIpc) is 2.79. The van der Waals surface area contributed by atoms with Gasteiger partial charge in [-0.2, -0.15) is 0 Å². The fourth-order valence-corrected chi connectivity index (χ4v) is 3.87. The van der Waals surface area contributed by atoms with Crippen LogP contribution in [0.2, 0.25) is 0 Å². The normalized spacial score (nSPS) is 23.4. The summed E-state index contributed by atoms with van der Waals surface area (Å²) in [4.78, 5) is 27.9. The fourth-order valence-electron chi connectivity index (χ4n) is 2.99. The van der Waals surface area contributed by atoms with Crippen molar-refractivity contribution in [1.82, 2.24) is 4.90 Å². The second-order valence-electron chi connectivity index (χ2n) is 5.58. The van der Waals surface area contributed by atoms with Crippen LogP contribution in [-0.4, -0.2) is 40.5 Å². The molecular weight excluding hydrogens is 321 g/mol. The van der Waals surface area contributed by atoms with Crippen LogP contribution in [0.5, 0.6) is 0 Å². The number of thioether (sulfide) groups is 1. The Morgan fingerprint density at radius 1 is 1.35 bits per heavy atom. The van der Waals surface area contributed by atoms with Gasteiger partial charge in [0.1, 0.15) is 17.7 Å². The zero-order chi connectivity index (χ0) is 16.1. The van der Waals surface area contributed by atoms with Gasteiger partial charge in [-0.25, -0.2) is 14.1 Å². The van der Waals surface area contributed by atoms with Crippen molar-refractivity contribution < 1.29 is 19.1 Å². The molecule has 3 aliphatic heterocycles. The predicted octanol–water partition coefficient (Wildman–Crippen LogP) is 2.11. The third-order valence-electron chi connectivity index (χ3n) is 4.07. The molecule has 1 unspecified atom stereocenters. The topological polar surface area (TPSA) is 72.9 Å². The van der Waals surface area contributed by atoms with Crippen molar-refractivity contribution in [2.45, 2.75) is 24.0 Å². The van der Waals surface area contributed by atoms with Crippen molar-refractivity contribution in [3.05, 3.63) is 29.7 Å². The van der Waals surface area contributed by atoms with E-state index in [9.17, 15) is 19.1 Å². The smallest absolute Gasteiger partial charge is 0.336 e. The van der Waals surface area contributed by atoms with Crippen LogP contribution in [0, 0.1) is 5.82 Å². The number of anilines is 2. The highest BCUT2D eigenvalue weighted by Gasteiger charge is 2.43. The number of nitrogens with one attached hydrogen (secondary N) is 1. The van der Waals surface area contributed by atoms with Crippen LogP contribution in [0.25, 0.3) is 0 Å². The van der Waals surface area contributed by atoms with Crippen molar-refractivity contribution in [3.8, 4) is 0 Å². The summed E-state index contributed by atoms with van der Waals surface area (Å²) >= 11 is 1.32. The second-order valence-corrected chi connectivity index (χ2v) is 6.64. The van der Waals surface area contributed by atoms with Gasteiger partial charge < -0.3 is 10.4 Å². The van der Waals surface area contributed by atoms with Crippen LogP contribution >= 0.6 is 11.8 Å². The summed E-state index contributed by atoms with van der Waals surface area (Å²) in [5.41, 5.74) is 0.751. The van der Waals surface area contributed by atoms with Crippen LogP contribution in [0.4, 0.5) is 20.6 Å². The summed E-state index contributed by atoms with van der Waals surface area (Å²) in [6.45, 7) is 0.465. The third kappa shape index (κ3) is 2.21. The van der Waals surface area contributed by atoms with Gasteiger partial charge in [-0.1, -0.05) is 6.08 Å². The molecule has 0 spiro atoms. The van der Waals surface area contributed by atoms with Crippen LogP contribution < -0.4 is 10.2 Å². The van der Waals surface area contributed by atoms with Crippen molar-refractivity contribution in [2.75, 3.05) is 22.5 Å². The molecular formula is C15H14FN3O3S. The first kappa shape index (κ1) is 14.5. The molecule has 3 aliphatic rings. The van der Waals surface area contributed by atoms with Gasteiger partial charge in [0.2, 0.25) is 0 Å². The zero-order valence-corrected chi connectivity index (χ0v) is 12.9. The molecule has 2 N–H and O–H groups in total. The van der Waals surface area contributed by atoms with E-state index in [1.165, 1.54) is 28.8 Å². The first-order valence-electron chi connectivity index (χ1n) is 7.33. The van der Waals surface area contributed by atoms with Crippen LogP contribution in [-0.2, 0) is 4.79 Å². The molecule has 3 amide bonds. The lowest BCUT2D eigenvalue weighted by Gasteiger charge is -2.25. The van der Waals surface area contributed by atoms with Gasteiger partial charge in [0.05, 0.1) is 11.4 Å². The molecule has 3 heterocycles. The van der Waals surface area contributed by atoms with E-state index in [2.05, 4.69) is 5.32 Å². The number of nitrogens with zero attached hydrogens (tertiary/aromatic N) is 2. The molecule has 1 fully saturated rings. The minimum absolute atomic E-state index is 0.0868. The molecule has 0 aliphatic carbocycles. The Kier molecular flexibility index (Phi) is 3.31. The average molecular weight is 335 g/mol. The van der Waals surface area contributed by atoms with Gasteiger partial charge in [-0.05, 0) is 25.0 Å². The summed E-state index contributed by atoms with van der Waals surface area (Å²) in [5, 5.41) is 12.5. The Labute approximate surface area is 135 Å². The van der Waals surface area contributed by atoms with Crippen molar-refractivity contribution >= 4 is 35.1 Å². The molecule has 6 nitrogen and oxygen atoms in total. The predicted molar refractivity (Wildman–Crippen MR) is 83.7 cm³/mol.